The van der Waals surface area contributed by atoms with Crippen LogP contribution in [0.1, 0.15) is 17.3 Å². The SMILES string of the molecule is COc1ccc(C(=O)NNC(=O)OCC=C(C)Cl)cc1. The first-order chi connectivity index (χ1) is 9.52. The van der Waals surface area contributed by atoms with Gasteiger partial charge in [0.2, 0.25) is 0 Å². The van der Waals surface area contributed by atoms with E-state index in [4.69, 9.17) is 21.1 Å². The molecule has 0 bridgehead atoms. The molecule has 0 radical (unpaired) electrons. The molecule has 0 aliphatic rings. The normalized spacial score (nSPS) is 10.7. The molecule has 2 amide bonds. The van der Waals surface area contributed by atoms with Gasteiger partial charge in [0.1, 0.15) is 12.4 Å². The highest BCUT2D eigenvalue weighted by molar-refractivity contribution is 6.29. The minimum atomic E-state index is -0.777. The van der Waals surface area contributed by atoms with Crippen LogP contribution in [0.15, 0.2) is 35.4 Å². The van der Waals surface area contributed by atoms with Gasteiger partial charge in [0.15, 0.2) is 0 Å². The van der Waals surface area contributed by atoms with E-state index in [1.807, 2.05) is 0 Å². The topological polar surface area (TPSA) is 76.7 Å². The molecule has 0 saturated carbocycles. The molecule has 0 aromatic heterocycles. The molecule has 1 rings (SSSR count). The van der Waals surface area contributed by atoms with E-state index in [0.717, 1.165) is 0 Å². The maximum atomic E-state index is 11.7. The van der Waals surface area contributed by atoms with E-state index < -0.39 is 12.0 Å². The average Bonchev–Trinajstić information content (AvgIpc) is 2.44. The van der Waals surface area contributed by atoms with Crippen molar-refractivity contribution in [2.24, 2.45) is 0 Å². The Bertz CT molecular complexity index is 496. The Morgan fingerprint density at radius 3 is 2.45 bits per heavy atom. The van der Waals surface area contributed by atoms with Gasteiger partial charge in [-0.25, -0.2) is 10.2 Å². The van der Waals surface area contributed by atoms with Crippen molar-refractivity contribution in [2.75, 3.05) is 13.7 Å². The number of methoxy groups -OCH3 is 1. The third kappa shape index (κ3) is 5.62. The number of hydrogen-bond donors (Lipinski definition) is 2. The number of ether oxygens (including phenoxy) is 2. The van der Waals surface area contributed by atoms with E-state index in [-0.39, 0.29) is 6.61 Å². The maximum absolute atomic E-state index is 11.7. The zero-order valence-corrected chi connectivity index (χ0v) is 11.9. The van der Waals surface area contributed by atoms with Crippen molar-refractivity contribution in [3.8, 4) is 5.75 Å². The van der Waals surface area contributed by atoms with Crippen molar-refractivity contribution in [1.82, 2.24) is 10.9 Å². The predicted octanol–water partition coefficient (Wildman–Crippen LogP) is 2.21. The number of hydrogen-bond acceptors (Lipinski definition) is 4. The Hall–Kier alpha value is -2.21. The zero-order chi connectivity index (χ0) is 15.0. The smallest absolute Gasteiger partial charge is 0.426 e. The highest BCUT2D eigenvalue weighted by Crippen LogP contribution is 2.10. The number of allylic oxidation sites excluding steroid dienone is 1. The molecule has 1 aromatic carbocycles. The third-order valence-corrected chi connectivity index (χ3v) is 2.36. The lowest BCUT2D eigenvalue weighted by molar-refractivity contribution is 0.0915. The number of halogens is 1. The summed E-state index contributed by atoms with van der Waals surface area (Å²) in [7, 11) is 1.53. The number of amides is 2. The van der Waals surface area contributed by atoms with E-state index in [1.165, 1.54) is 13.2 Å². The summed E-state index contributed by atoms with van der Waals surface area (Å²) in [4.78, 5) is 22.9. The molecular formula is C13H15ClN2O4. The van der Waals surface area contributed by atoms with E-state index >= 15 is 0 Å². The van der Waals surface area contributed by atoms with Crippen LogP contribution >= 0.6 is 11.6 Å². The number of hydrazine groups is 1. The number of nitrogens with one attached hydrogen (secondary N) is 2. The van der Waals surface area contributed by atoms with Crippen LogP contribution in [0.3, 0.4) is 0 Å². The first-order valence-electron chi connectivity index (χ1n) is 5.72. The molecule has 20 heavy (non-hydrogen) atoms. The second-order valence-corrected chi connectivity index (χ2v) is 4.29. The summed E-state index contributed by atoms with van der Waals surface area (Å²) in [5, 5.41) is 0.514. The van der Waals surface area contributed by atoms with Gasteiger partial charge in [-0.1, -0.05) is 11.6 Å². The summed E-state index contributed by atoms with van der Waals surface area (Å²) < 4.78 is 9.70. The highest BCUT2D eigenvalue weighted by Gasteiger charge is 2.07. The third-order valence-electron chi connectivity index (χ3n) is 2.21. The Morgan fingerprint density at radius 2 is 1.90 bits per heavy atom. The van der Waals surface area contributed by atoms with Gasteiger partial charge < -0.3 is 9.47 Å². The predicted molar refractivity (Wildman–Crippen MR) is 74.6 cm³/mol. The lowest BCUT2D eigenvalue weighted by Gasteiger charge is -2.07. The summed E-state index contributed by atoms with van der Waals surface area (Å²) in [6.45, 7) is 1.69. The van der Waals surface area contributed by atoms with Crippen LogP contribution < -0.4 is 15.6 Å². The van der Waals surface area contributed by atoms with Crippen LogP contribution in [-0.2, 0) is 4.74 Å². The summed E-state index contributed by atoms with van der Waals surface area (Å²) in [6.07, 6.45) is 0.743. The fourth-order valence-corrected chi connectivity index (χ4v) is 1.25. The quantitative estimate of drug-likeness (QED) is 0.836. The van der Waals surface area contributed by atoms with E-state index in [0.29, 0.717) is 16.3 Å². The second kappa shape index (κ2) is 8.06. The molecule has 0 saturated heterocycles. The number of carbonyl (C=O) groups is 2. The van der Waals surface area contributed by atoms with Crippen molar-refractivity contribution < 1.29 is 19.1 Å². The van der Waals surface area contributed by atoms with Crippen molar-refractivity contribution in [2.45, 2.75) is 6.92 Å². The maximum Gasteiger partial charge on any atom is 0.426 e. The number of rotatable bonds is 4. The van der Waals surface area contributed by atoms with Gasteiger partial charge in [-0.05, 0) is 37.3 Å². The fourth-order valence-electron chi connectivity index (χ4n) is 1.19. The molecule has 0 aliphatic carbocycles. The van der Waals surface area contributed by atoms with Gasteiger partial charge in [0.05, 0.1) is 7.11 Å². The Kier molecular flexibility index (Phi) is 6.39. The van der Waals surface area contributed by atoms with Crippen molar-refractivity contribution in [3.63, 3.8) is 0 Å². The molecule has 0 spiro atoms. The largest absolute Gasteiger partial charge is 0.497 e. The molecular weight excluding hydrogens is 284 g/mol. The van der Waals surface area contributed by atoms with Crippen molar-refractivity contribution in [1.29, 1.82) is 0 Å². The molecule has 0 atom stereocenters. The minimum absolute atomic E-state index is 0.0274. The van der Waals surface area contributed by atoms with Gasteiger partial charge in [0.25, 0.3) is 5.91 Å². The Balaban J connectivity index is 2.38. The van der Waals surface area contributed by atoms with E-state index in [1.54, 1.807) is 31.2 Å². The van der Waals surface area contributed by atoms with Crippen molar-refractivity contribution >= 4 is 23.6 Å². The summed E-state index contributed by atoms with van der Waals surface area (Å²) >= 11 is 5.56. The summed E-state index contributed by atoms with van der Waals surface area (Å²) in [6, 6.07) is 6.42. The monoisotopic (exact) mass is 298 g/mol. The summed E-state index contributed by atoms with van der Waals surface area (Å²) in [5.41, 5.74) is 4.71. The average molecular weight is 299 g/mol. The van der Waals surface area contributed by atoms with Crippen LogP contribution in [0.2, 0.25) is 0 Å². The minimum Gasteiger partial charge on any atom is -0.497 e. The lowest BCUT2D eigenvalue weighted by Crippen LogP contribution is -2.41. The fraction of sp³-hybridized carbons (Fsp3) is 0.231. The van der Waals surface area contributed by atoms with Crippen LogP contribution in [0.25, 0.3) is 0 Å². The summed E-state index contributed by atoms with van der Waals surface area (Å²) in [5.74, 6) is 0.172. The van der Waals surface area contributed by atoms with Gasteiger partial charge in [0, 0.05) is 10.6 Å². The van der Waals surface area contributed by atoms with Gasteiger partial charge in [-0.3, -0.25) is 10.2 Å². The second-order valence-electron chi connectivity index (χ2n) is 3.70. The van der Waals surface area contributed by atoms with Gasteiger partial charge in [-0.15, -0.1) is 0 Å². The van der Waals surface area contributed by atoms with E-state index in [2.05, 4.69) is 10.9 Å². The van der Waals surface area contributed by atoms with E-state index in [9.17, 15) is 9.59 Å². The number of carbonyl (C=O) groups excluding carboxylic acids is 2. The van der Waals surface area contributed by atoms with Crippen LogP contribution in [0.4, 0.5) is 4.79 Å². The standard InChI is InChI=1S/C13H15ClN2O4/c1-9(14)7-8-20-13(18)16-15-12(17)10-3-5-11(19-2)6-4-10/h3-7H,8H2,1-2H3,(H,15,17)(H,16,18). The first kappa shape index (κ1) is 15.8. The molecule has 0 aliphatic heterocycles. The Morgan fingerprint density at radius 1 is 1.25 bits per heavy atom. The van der Waals surface area contributed by atoms with Crippen LogP contribution in [0.5, 0.6) is 5.75 Å². The lowest BCUT2D eigenvalue weighted by atomic mass is 10.2. The van der Waals surface area contributed by atoms with Gasteiger partial charge >= 0.3 is 6.09 Å². The van der Waals surface area contributed by atoms with Gasteiger partial charge in [-0.2, -0.15) is 0 Å². The first-order valence-corrected chi connectivity index (χ1v) is 6.10. The molecule has 0 fully saturated rings. The molecule has 1 aromatic rings. The molecule has 0 unspecified atom stereocenters. The highest BCUT2D eigenvalue weighted by atomic mass is 35.5. The molecule has 2 N–H and O–H groups in total. The van der Waals surface area contributed by atoms with Crippen LogP contribution in [-0.4, -0.2) is 25.7 Å². The Labute approximate surface area is 121 Å². The van der Waals surface area contributed by atoms with Crippen LogP contribution in [0, 0.1) is 0 Å². The molecule has 108 valence electrons. The zero-order valence-electron chi connectivity index (χ0n) is 11.1. The number of benzene rings is 1. The molecule has 6 nitrogen and oxygen atoms in total. The molecule has 7 heteroatoms. The molecule has 0 heterocycles. The van der Waals surface area contributed by atoms with Crippen molar-refractivity contribution in [3.05, 3.63) is 40.9 Å².